The summed E-state index contributed by atoms with van der Waals surface area (Å²) in [7, 11) is 0. The molecule has 1 amide bonds. The van der Waals surface area contributed by atoms with Crippen molar-refractivity contribution in [2.75, 3.05) is 39.3 Å². The average molecular weight is 378 g/mol. The second-order valence-corrected chi connectivity index (χ2v) is 6.50. The predicted molar refractivity (Wildman–Crippen MR) is 91.5 cm³/mol. The third kappa shape index (κ3) is 5.09. The fourth-order valence-corrected chi connectivity index (χ4v) is 3.13. The van der Waals surface area contributed by atoms with Crippen LogP contribution in [0.25, 0.3) is 0 Å². The molecule has 8 heteroatoms. The molecule has 1 aromatic rings. The highest BCUT2D eigenvalue weighted by Crippen LogP contribution is 2.29. The molecule has 2 heterocycles. The molecule has 2 fully saturated rings. The minimum Gasteiger partial charge on any atom is -0.341 e. The Morgan fingerprint density at radius 2 is 1.76 bits per heavy atom. The van der Waals surface area contributed by atoms with Crippen LogP contribution >= 0.6 is 12.4 Å². The van der Waals surface area contributed by atoms with Gasteiger partial charge in [0, 0.05) is 45.8 Å². The molecule has 140 valence electrons. The second kappa shape index (κ2) is 8.38. The molecule has 1 N–H and O–H groups in total. The summed E-state index contributed by atoms with van der Waals surface area (Å²) in [5, 5.41) is 3.12. The van der Waals surface area contributed by atoms with Crippen molar-refractivity contribution in [2.45, 2.75) is 19.1 Å². The smallest absolute Gasteiger partial charge is 0.341 e. The summed E-state index contributed by atoms with van der Waals surface area (Å²) in [6.07, 6.45) is -3.40. The Hall–Kier alpha value is -1.31. The Morgan fingerprint density at radius 3 is 2.32 bits per heavy atom. The van der Waals surface area contributed by atoms with Crippen molar-refractivity contribution in [1.82, 2.24) is 15.1 Å². The zero-order chi connectivity index (χ0) is 17.2. The Balaban J connectivity index is 0.00000225. The van der Waals surface area contributed by atoms with Crippen molar-refractivity contribution >= 4 is 18.3 Å². The van der Waals surface area contributed by atoms with Crippen LogP contribution in [-0.4, -0.2) is 55.0 Å². The van der Waals surface area contributed by atoms with Crippen molar-refractivity contribution in [1.29, 1.82) is 0 Å². The van der Waals surface area contributed by atoms with Crippen molar-refractivity contribution in [3.05, 3.63) is 35.4 Å². The first-order valence-electron chi connectivity index (χ1n) is 8.31. The molecular weight excluding hydrogens is 355 g/mol. The number of hydrogen-bond acceptors (Lipinski definition) is 3. The molecule has 0 radical (unpaired) electrons. The number of nitrogens with zero attached hydrogens (tertiary/aromatic N) is 2. The van der Waals surface area contributed by atoms with E-state index in [1.807, 2.05) is 4.90 Å². The van der Waals surface area contributed by atoms with E-state index in [9.17, 15) is 18.0 Å². The van der Waals surface area contributed by atoms with E-state index in [2.05, 4.69) is 10.2 Å². The average Bonchev–Trinajstić information content (AvgIpc) is 2.71. The summed E-state index contributed by atoms with van der Waals surface area (Å²) < 4.78 is 37.8. The maximum absolute atomic E-state index is 12.6. The van der Waals surface area contributed by atoms with Crippen LogP contribution in [0.4, 0.5) is 13.2 Å². The van der Waals surface area contributed by atoms with Gasteiger partial charge >= 0.3 is 6.18 Å². The molecule has 0 aromatic heterocycles. The van der Waals surface area contributed by atoms with Crippen LogP contribution < -0.4 is 5.32 Å². The third-order valence-electron chi connectivity index (χ3n) is 4.72. The topological polar surface area (TPSA) is 35.6 Å². The SMILES string of the molecule is Cl.O=C(C1CNC1)N1CCCN(Cc2ccc(C(F)(F)F)cc2)CC1. The summed E-state index contributed by atoms with van der Waals surface area (Å²) in [5.74, 6) is 0.344. The molecule has 0 bridgehead atoms. The molecule has 0 unspecified atom stereocenters. The van der Waals surface area contributed by atoms with Gasteiger partial charge in [0.1, 0.15) is 0 Å². The number of amides is 1. The van der Waals surface area contributed by atoms with Crippen LogP contribution in [0.15, 0.2) is 24.3 Å². The van der Waals surface area contributed by atoms with Crippen LogP contribution in [0, 0.1) is 5.92 Å². The van der Waals surface area contributed by atoms with Crippen LogP contribution in [0.1, 0.15) is 17.5 Å². The largest absolute Gasteiger partial charge is 0.416 e. The molecular formula is C17H23ClF3N3O. The van der Waals surface area contributed by atoms with E-state index in [1.54, 1.807) is 0 Å². The molecule has 3 rings (SSSR count). The Kier molecular flexibility index (Phi) is 6.71. The zero-order valence-corrected chi connectivity index (χ0v) is 14.7. The molecule has 2 aliphatic heterocycles. The summed E-state index contributed by atoms with van der Waals surface area (Å²) in [6.45, 7) is 5.22. The second-order valence-electron chi connectivity index (χ2n) is 6.50. The lowest BCUT2D eigenvalue weighted by Crippen LogP contribution is -2.52. The highest BCUT2D eigenvalue weighted by atomic mass is 35.5. The minimum atomic E-state index is -4.29. The lowest BCUT2D eigenvalue weighted by atomic mass is 10.0. The predicted octanol–water partition coefficient (Wildman–Crippen LogP) is 2.38. The molecule has 1 aromatic carbocycles. The van der Waals surface area contributed by atoms with Crippen molar-refractivity contribution in [2.24, 2.45) is 5.92 Å². The highest BCUT2D eigenvalue weighted by Gasteiger charge is 2.31. The molecule has 2 saturated heterocycles. The van der Waals surface area contributed by atoms with Gasteiger partial charge in [-0.05, 0) is 24.1 Å². The van der Waals surface area contributed by atoms with Crippen molar-refractivity contribution < 1.29 is 18.0 Å². The lowest BCUT2D eigenvalue weighted by molar-refractivity contribution is -0.138. The van der Waals surface area contributed by atoms with Gasteiger partial charge in [0.25, 0.3) is 0 Å². The van der Waals surface area contributed by atoms with Gasteiger partial charge in [-0.2, -0.15) is 13.2 Å². The van der Waals surface area contributed by atoms with Gasteiger partial charge in [-0.1, -0.05) is 12.1 Å². The van der Waals surface area contributed by atoms with Crippen LogP contribution in [0.5, 0.6) is 0 Å². The van der Waals surface area contributed by atoms with Crippen LogP contribution in [0.3, 0.4) is 0 Å². The number of halogens is 4. The number of alkyl halides is 3. The molecule has 25 heavy (non-hydrogen) atoms. The maximum Gasteiger partial charge on any atom is 0.416 e. The molecule has 0 atom stereocenters. The van der Waals surface area contributed by atoms with E-state index in [1.165, 1.54) is 12.1 Å². The lowest BCUT2D eigenvalue weighted by Gasteiger charge is -2.31. The maximum atomic E-state index is 12.6. The normalized spacial score (nSPS) is 19.7. The fraction of sp³-hybridized carbons (Fsp3) is 0.588. The number of nitrogens with one attached hydrogen (secondary N) is 1. The molecule has 0 spiro atoms. The molecule has 0 saturated carbocycles. The van der Waals surface area contributed by atoms with E-state index < -0.39 is 11.7 Å². The minimum absolute atomic E-state index is 0. The van der Waals surface area contributed by atoms with Crippen LogP contribution in [-0.2, 0) is 17.5 Å². The Bertz CT molecular complexity index is 575. The van der Waals surface area contributed by atoms with E-state index in [-0.39, 0.29) is 24.2 Å². The third-order valence-corrected chi connectivity index (χ3v) is 4.72. The fourth-order valence-electron chi connectivity index (χ4n) is 3.13. The van der Waals surface area contributed by atoms with Gasteiger partial charge in [-0.25, -0.2) is 0 Å². The number of carbonyl (C=O) groups is 1. The van der Waals surface area contributed by atoms with E-state index in [4.69, 9.17) is 0 Å². The first-order valence-corrected chi connectivity index (χ1v) is 8.31. The van der Waals surface area contributed by atoms with Gasteiger partial charge in [0.05, 0.1) is 11.5 Å². The number of benzene rings is 1. The molecule has 2 aliphatic rings. The molecule has 4 nitrogen and oxygen atoms in total. The Labute approximate surface area is 151 Å². The quantitative estimate of drug-likeness (QED) is 0.878. The Morgan fingerprint density at radius 1 is 1.08 bits per heavy atom. The summed E-state index contributed by atoms with van der Waals surface area (Å²) >= 11 is 0. The van der Waals surface area contributed by atoms with Gasteiger partial charge in [-0.15, -0.1) is 12.4 Å². The van der Waals surface area contributed by atoms with Gasteiger partial charge < -0.3 is 10.2 Å². The van der Waals surface area contributed by atoms with Crippen molar-refractivity contribution in [3.63, 3.8) is 0 Å². The number of rotatable bonds is 3. The van der Waals surface area contributed by atoms with E-state index in [0.29, 0.717) is 13.1 Å². The summed E-state index contributed by atoms with van der Waals surface area (Å²) in [5.41, 5.74) is 0.249. The van der Waals surface area contributed by atoms with Crippen LogP contribution in [0.2, 0.25) is 0 Å². The van der Waals surface area contributed by atoms with E-state index >= 15 is 0 Å². The van der Waals surface area contributed by atoms with E-state index in [0.717, 1.165) is 56.8 Å². The number of hydrogen-bond donors (Lipinski definition) is 1. The highest BCUT2D eigenvalue weighted by molar-refractivity contribution is 5.85. The number of carbonyl (C=O) groups excluding carboxylic acids is 1. The summed E-state index contributed by atoms with van der Waals surface area (Å²) in [4.78, 5) is 16.4. The van der Waals surface area contributed by atoms with Gasteiger partial charge in [0.2, 0.25) is 5.91 Å². The van der Waals surface area contributed by atoms with Gasteiger partial charge in [0.15, 0.2) is 0 Å². The monoisotopic (exact) mass is 377 g/mol. The first-order chi connectivity index (χ1) is 11.4. The zero-order valence-electron chi connectivity index (χ0n) is 13.9. The standard InChI is InChI=1S/C17H22F3N3O.ClH/c18-17(19,20)15-4-2-13(3-5-15)12-22-6-1-7-23(9-8-22)16(24)14-10-21-11-14;/h2-5,14,21H,1,6-12H2;1H. The summed E-state index contributed by atoms with van der Waals surface area (Å²) in [6, 6.07) is 5.34. The molecule has 0 aliphatic carbocycles. The van der Waals surface area contributed by atoms with Crippen molar-refractivity contribution in [3.8, 4) is 0 Å². The first kappa shape index (κ1) is 20.0. The van der Waals surface area contributed by atoms with Gasteiger partial charge in [-0.3, -0.25) is 9.69 Å².